The monoisotopic (exact) mass is 250 g/mol. The summed E-state index contributed by atoms with van der Waals surface area (Å²) in [4.78, 5) is 2.77. The van der Waals surface area contributed by atoms with E-state index >= 15 is 0 Å². The first kappa shape index (κ1) is 14.1. The lowest BCUT2D eigenvalue weighted by Crippen LogP contribution is -2.51. The third-order valence-corrected chi connectivity index (χ3v) is 4.95. The second-order valence-electron chi connectivity index (χ2n) is 6.82. The quantitative estimate of drug-likeness (QED) is 0.772. The Labute approximate surface area is 113 Å². The lowest BCUT2D eigenvalue weighted by molar-refractivity contribution is 0.0245. The standard InChI is InChI=1S/C16H30N2/c1-4-6-15-16(2,3)9-5-12-18(15)13-14-7-10-17-11-8-14/h4,14-15,17H,1,5-13H2,2-3H3. The molecule has 0 aromatic heterocycles. The highest BCUT2D eigenvalue weighted by Gasteiger charge is 2.37. The molecular weight excluding hydrogens is 220 g/mol. The van der Waals surface area contributed by atoms with E-state index in [2.05, 4.69) is 36.7 Å². The molecule has 2 heteroatoms. The van der Waals surface area contributed by atoms with Crippen molar-refractivity contribution < 1.29 is 0 Å². The predicted octanol–water partition coefficient (Wildman–Crippen LogP) is 3.05. The fraction of sp³-hybridized carbons (Fsp3) is 0.875. The SMILES string of the molecule is C=CCC1N(CC2CCNCC2)CCCC1(C)C. The highest BCUT2D eigenvalue weighted by molar-refractivity contribution is 4.95. The number of hydrogen-bond donors (Lipinski definition) is 1. The zero-order valence-electron chi connectivity index (χ0n) is 12.3. The molecule has 2 heterocycles. The van der Waals surface area contributed by atoms with Crippen LogP contribution in [0.1, 0.15) is 46.0 Å². The molecule has 0 aromatic rings. The summed E-state index contributed by atoms with van der Waals surface area (Å²) in [7, 11) is 0. The summed E-state index contributed by atoms with van der Waals surface area (Å²) in [6.07, 6.45) is 8.72. The van der Waals surface area contributed by atoms with Crippen molar-refractivity contribution in [3.63, 3.8) is 0 Å². The van der Waals surface area contributed by atoms with Crippen molar-refractivity contribution in [3.05, 3.63) is 12.7 Å². The molecule has 0 aromatic carbocycles. The van der Waals surface area contributed by atoms with E-state index in [4.69, 9.17) is 0 Å². The van der Waals surface area contributed by atoms with Crippen LogP contribution >= 0.6 is 0 Å². The topological polar surface area (TPSA) is 15.3 Å². The molecule has 104 valence electrons. The summed E-state index contributed by atoms with van der Waals surface area (Å²) in [5.41, 5.74) is 0.458. The summed E-state index contributed by atoms with van der Waals surface area (Å²) in [6.45, 7) is 13.9. The lowest BCUT2D eigenvalue weighted by atomic mass is 9.74. The van der Waals surface area contributed by atoms with Crippen LogP contribution in [0, 0.1) is 11.3 Å². The van der Waals surface area contributed by atoms with Gasteiger partial charge in [0.1, 0.15) is 0 Å². The van der Waals surface area contributed by atoms with Gasteiger partial charge in [-0.25, -0.2) is 0 Å². The van der Waals surface area contributed by atoms with E-state index in [0.29, 0.717) is 11.5 Å². The van der Waals surface area contributed by atoms with Crippen LogP contribution in [-0.2, 0) is 0 Å². The Morgan fingerprint density at radius 1 is 1.33 bits per heavy atom. The molecule has 0 radical (unpaired) electrons. The molecule has 2 fully saturated rings. The Bertz CT molecular complexity index is 266. The molecule has 2 rings (SSSR count). The van der Waals surface area contributed by atoms with Gasteiger partial charge in [-0.1, -0.05) is 19.9 Å². The van der Waals surface area contributed by atoms with E-state index in [1.165, 1.54) is 51.9 Å². The fourth-order valence-electron chi connectivity index (χ4n) is 3.79. The number of hydrogen-bond acceptors (Lipinski definition) is 2. The maximum Gasteiger partial charge on any atom is 0.0181 e. The molecule has 2 saturated heterocycles. The van der Waals surface area contributed by atoms with E-state index in [-0.39, 0.29) is 0 Å². The third kappa shape index (κ3) is 3.36. The molecule has 2 aliphatic rings. The van der Waals surface area contributed by atoms with Gasteiger partial charge in [-0.3, -0.25) is 4.90 Å². The van der Waals surface area contributed by atoms with E-state index in [0.717, 1.165) is 12.3 Å². The molecule has 1 unspecified atom stereocenters. The Hall–Kier alpha value is -0.340. The van der Waals surface area contributed by atoms with Gasteiger partial charge in [-0.15, -0.1) is 6.58 Å². The van der Waals surface area contributed by atoms with Gasteiger partial charge in [0.05, 0.1) is 0 Å². The Balaban J connectivity index is 1.97. The molecule has 2 aliphatic heterocycles. The van der Waals surface area contributed by atoms with Crippen LogP contribution in [0.2, 0.25) is 0 Å². The lowest BCUT2D eigenvalue weighted by Gasteiger charge is -2.48. The average molecular weight is 250 g/mol. The highest BCUT2D eigenvalue weighted by Crippen LogP contribution is 2.37. The Morgan fingerprint density at radius 2 is 2.06 bits per heavy atom. The molecule has 1 atom stereocenters. The highest BCUT2D eigenvalue weighted by atomic mass is 15.2. The van der Waals surface area contributed by atoms with Crippen molar-refractivity contribution >= 4 is 0 Å². The van der Waals surface area contributed by atoms with Crippen LogP contribution in [0.4, 0.5) is 0 Å². The summed E-state index contributed by atoms with van der Waals surface area (Å²) in [5, 5.41) is 3.47. The largest absolute Gasteiger partial charge is 0.317 e. The number of likely N-dealkylation sites (tertiary alicyclic amines) is 1. The van der Waals surface area contributed by atoms with E-state index in [1.54, 1.807) is 0 Å². The normalized spacial score (nSPS) is 30.2. The van der Waals surface area contributed by atoms with Crippen molar-refractivity contribution in [2.45, 2.75) is 52.0 Å². The molecule has 0 amide bonds. The zero-order valence-corrected chi connectivity index (χ0v) is 12.3. The van der Waals surface area contributed by atoms with Gasteiger partial charge in [-0.2, -0.15) is 0 Å². The predicted molar refractivity (Wildman–Crippen MR) is 78.8 cm³/mol. The fourth-order valence-corrected chi connectivity index (χ4v) is 3.79. The van der Waals surface area contributed by atoms with Crippen molar-refractivity contribution in [3.8, 4) is 0 Å². The Kier molecular flexibility index (Phi) is 4.85. The van der Waals surface area contributed by atoms with Gasteiger partial charge < -0.3 is 5.32 Å². The molecule has 2 nitrogen and oxygen atoms in total. The van der Waals surface area contributed by atoms with Crippen LogP contribution in [0.5, 0.6) is 0 Å². The minimum Gasteiger partial charge on any atom is -0.317 e. The van der Waals surface area contributed by atoms with Crippen LogP contribution in [0.25, 0.3) is 0 Å². The van der Waals surface area contributed by atoms with Crippen molar-refractivity contribution in [2.24, 2.45) is 11.3 Å². The number of piperidine rings is 2. The molecule has 0 saturated carbocycles. The number of nitrogens with one attached hydrogen (secondary N) is 1. The minimum atomic E-state index is 0.458. The smallest absolute Gasteiger partial charge is 0.0181 e. The third-order valence-electron chi connectivity index (χ3n) is 4.95. The van der Waals surface area contributed by atoms with Gasteiger partial charge in [0.25, 0.3) is 0 Å². The summed E-state index contributed by atoms with van der Waals surface area (Å²) in [5.74, 6) is 0.910. The molecule has 1 N–H and O–H groups in total. The number of rotatable bonds is 4. The van der Waals surface area contributed by atoms with Gasteiger partial charge in [0, 0.05) is 12.6 Å². The maximum absolute atomic E-state index is 3.96. The second kappa shape index (κ2) is 6.21. The van der Waals surface area contributed by atoms with Crippen LogP contribution < -0.4 is 5.32 Å². The van der Waals surface area contributed by atoms with Crippen LogP contribution in [0.15, 0.2) is 12.7 Å². The van der Waals surface area contributed by atoms with E-state index in [9.17, 15) is 0 Å². The molecule has 0 bridgehead atoms. The first-order valence-electron chi connectivity index (χ1n) is 7.69. The van der Waals surface area contributed by atoms with Crippen molar-refractivity contribution in [1.29, 1.82) is 0 Å². The van der Waals surface area contributed by atoms with E-state index < -0.39 is 0 Å². The second-order valence-corrected chi connectivity index (χ2v) is 6.82. The van der Waals surface area contributed by atoms with Gasteiger partial charge in [-0.05, 0) is 63.1 Å². The van der Waals surface area contributed by atoms with Crippen molar-refractivity contribution in [2.75, 3.05) is 26.2 Å². The minimum absolute atomic E-state index is 0.458. The molecule has 18 heavy (non-hydrogen) atoms. The maximum atomic E-state index is 3.96. The Morgan fingerprint density at radius 3 is 2.72 bits per heavy atom. The number of nitrogens with zero attached hydrogens (tertiary/aromatic N) is 1. The van der Waals surface area contributed by atoms with Crippen LogP contribution in [0.3, 0.4) is 0 Å². The first-order chi connectivity index (χ1) is 8.63. The molecule has 0 aliphatic carbocycles. The molecular formula is C16H30N2. The average Bonchev–Trinajstić information content (AvgIpc) is 2.35. The first-order valence-corrected chi connectivity index (χ1v) is 7.69. The van der Waals surface area contributed by atoms with Crippen molar-refractivity contribution in [1.82, 2.24) is 10.2 Å². The van der Waals surface area contributed by atoms with E-state index in [1.807, 2.05) is 0 Å². The zero-order chi connectivity index (χ0) is 13.0. The summed E-state index contributed by atoms with van der Waals surface area (Å²) >= 11 is 0. The summed E-state index contributed by atoms with van der Waals surface area (Å²) < 4.78 is 0. The van der Waals surface area contributed by atoms with Gasteiger partial charge in [0.2, 0.25) is 0 Å². The van der Waals surface area contributed by atoms with Gasteiger partial charge >= 0.3 is 0 Å². The van der Waals surface area contributed by atoms with Crippen LogP contribution in [-0.4, -0.2) is 37.1 Å². The molecule has 0 spiro atoms. The van der Waals surface area contributed by atoms with Gasteiger partial charge in [0.15, 0.2) is 0 Å². The summed E-state index contributed by atoms with van der Waals surface area (Å²) in [6, 6.07) is 0.707.